The summed E-state index contributed by atoms with van der Waals surface area (Å²) in [6.45, 7) is 5.48. The van der Waals surface area contributed by atoms with E-state index in [0.717, 1.165) is 4.47 Å². The van der Waals surface area contributed by atoms with Gasteiger partial charge < -0.3 is 4.74 Å². The Labute approximate surface area is 91.9 Å². The number of hydrogen-bond acceptors (Lipinski definition) is 2. The lowest BCUT2D eigenvalue weighted by molar-refractivity contribution is 0.269. The molecule has 0 aliphatic carbocycles. The van der Waals surface area contributed by atoms with Gasteiger partial charge in [0.2, 0.25) is 0 Å². The van der Waals surface area contributed by atoms with Crippen LogP contribution in [0.5, 0.6) is 5.75 Å². The summed E-state index contributed by atoms with van der Waals surface area (Å²) in [5.74, 6) is 0.586. The lowest BCUT2D eigenvalue weighted by Crippen LogP contribution is -2.08. The maximum atomic E-state index is 8.85. The van der Waals surface area contributed by atoms with Crippen LogP contribution in [0.3, 0.4) is 0 Å². The van der Waals surface area contributed by atoms with Crippen LogP contribution < -0.4 is 4.74 Å². The van der Waals surface area contributed by atoms with Crippen LogP contribution in [0.25, 0.3) is 0 Å². The van der Waals surface area contributed by atoms with Crippen LogP contribution in [0.4, 0.5) is 0 Å². The van der Waals surface area contributed by atoms with E-state index in [2.05, 4.69) is 28.6 Å². The zero-order valence-corrected chi connectivity index (χ0v) is 9.41. The van der Waals surface area contributed by atoms with E-state index in [0.29, 0.717) is 11.3 Å². The number of halogens is 1. The van der Waals surface area contributed by atoms with Gasteiger partial charge in [0.1, 0.15) is 17.9 Å². The summed E-state index contributed by atoms with van der Waals surface area (Å²) in [7, 11) is 0. The predicted octanol–water partition coefficient (Wildman–Crippen LogP) is 3.27. The van der Waals surface area contributed by atoms with E-state index >= 15 is 0 Å². The molecule has 0 N–H and O–H groups in total. The summed E-state index contributed by atoms with van der Waals surface area (Å²) in [6.07, 6.45) is 1.59. The van der Waals surface area contributed by atoms with Crippen molar-refractivity contribution in [1.29, 1.82) is 5.26 Å². The van der Waals surface area contributed by atoms with Crippen LogP contribution >= 0.6 is 15.9 Å². The Kier molecular flexibility index (Phi) is 3.73. The van der Waals surface area contributed by atoms with Crippen molar-refractivity contribution in [3.63, 3.8) is 0 Å². The van der Waals surface area contributed by atoms with Crippen LogP contribution in [-0.2, 0) is 0 Å². The van der Waals surface area contributed by atoms with Gasteiger partial charge >= 0.3 is 0 Å². The molecule has 14 heavy (non-hydrogen) atoms. The van der Waals surface area contributed by atoms with E-state index in [1.807, 2.05) is 13.0 Å². The van der Waals surface area contributed by atoms with Gasteiger partial charge in [-0.2, -0.15) is 5.26 Å². The minimum Gasteiger partial charge on any atom is -0.485 e. The third kappa shape index (κ3) is 2.61. The van der Waals surface area contributed by atoms with Gasteiger partial charge in [0, 0.05) is 4.47 Å². The quantitative estimate of drug-likeness (QED) is 0.773. The standard InChI is InChI=1S/C11H10BrNO/c1-3-8(2)14-11-5-4-10(12)6-9(11)7-13/h3-6,8H,1H2,2H3. The second-order valence-corrected chi connectivity index (χ2v) is 3.73. The third-order valence-corrected chi connectivity index (χ3v) is 2.20. The average molecular weight is 252 g/mol. The van der Waals surface area contributed by atoms with Gasteiger partial charge in [-0.1, -0.05) is 28.6 Å². The van der Waals surface area contributed by atoms with Gasteiger partial charge in [0.25, 0.3) is 0 Å². The van der Waals surface area contributed by atoms with Crippen molar-refractivity contribution in [2.45, 2.75) is 13.0 Å². The number of hydrogen-bond donors (Lipinski definition) is 0. The fourth-order valence-corrected chi connectivity index (χ4v) is 1.30. The summed E-state index contributed by atoms with van der Waals surface area (Å²) >= 11 is 3.29. The van der Waals surface area contributed by atoms with E-state index in [9.17, 15) is 0 Å². The van der Waals surface area contributed by atoms with E-state index in [-0.39, 0.29) is 6.10 Å². The molecular formula is C11H10BrNO. The molecule has 0 fully saturated rings. The second-order valence-electron chi connectivity index (χ2n) is 2.81. The van der Waals surface area contributed by atoms with Crippen molar-refractivity contribution in [2.75, 3.05) is 0 Å². The molecule has 0 saturated carbocycles. The fraction of sp³-hybridized carbons (Fsp3) is 0.182. The molecule has 72 valence electrons. The van der Waals surface area contributed by atoms with Gasteiger partial charge in [0.05, 0.1) is 5.56 Å². The number of nitrogens with zero attached hydrogens (tertiary/aromatic N) is 1. The summed E-state index contributed by atoms with van der Waals surface area (Å²) in [6, 6.07) is 7.41. The Hall–Kier alpha value is -1.27. The number of ether oxygens (including phenoxy) is 1. The molecule has 3 heteroatoms. The number of nitriles is 1. The highest BCUT2D eigenvalue weighted by Gasteiger charge is 2.05. The lowest BCUT2D eigenvalue weighted by Gasteiger charge is -2.11. The molecule has 0 radical (unpaired) electrons. The SMILES string of the molecule is C=CC(C)Oc1ccc(Br)cc1C#N. The van der Waals surface area contributed by atoms with Gasteiger partial charge in [-0.25, -0.2) is 0 Å². The summed E-state index contributed by atoms with van der Waals surface area (Å²) < 4.78 is 6.35. The maximum absolute atomic E-state index is 8.85. The van der Waals surface area contributed by atoms with E-state index in [4.69, 9.17) is 10.00 Å². The molecule has 1 atom stereocenters. The zero-order valence-electron chi connectivity index (χ0n) is 7.83. The molecule has 1 aromatic rings. The molecule has 0 aromatic heterocycles. The van der Waals surface area contributed by atoms with Gasteiger partial charge in [0.15, 0.2) is 0 Å². The highest BCUT2D eigenvalue weighted by Crippen LogP contribution is 2.23. The highest BCUT2D eigenvalue weighted by atomic mass is 79.9. The molecule has 2 nitrogen and oxygen atoms in total. The van der Waals surface area contributed by atoms with E-state index < -0.39 is 0 Å². The first-order valence-corrected chi connectivity index (χ1v) is 4.95. The van der Waals surface area contributed by atoms with E-state index in [1.54, 1.807) is 18.2 Å². The van der Waals surface area contributed by atoms with Crippen molar-refractivity contribution < 1.29 is 4.74 Å². The molecular weight excluding hydrogens is 242 g/mol. The Morgan fingerprint density at radius 2 is 2.36 bits per heavy atom. The van der Waals surface area contributed by atoms with Crippen molar-refractivity contribution in [3.05, 3.63) is 40.9 Å². The third-order valence-electron chi connectivity index (χ3n) is 1.71. The smallest absolute Gasteiger partial charge is 0.138 e. The lowest BCUT2D eigenvalue weighted by atomic mass is 10.2. The number of benzene rings is 1. The normalized spacial score (nSPS) is 11.5. The Bertz CT molecular complexity index is 381. The molecule has 0 heterocycles. The monoisotopic (exact) mass is 251 g/mol. The topological polar surface area (TPSA) is 33.0 Å². The summed E-state index contributed by atoms with van der Waals surface area (Å²) in [4.78, 5) is 0. The fourth-order valence-electron chi connectivity index (χ4n) is 0.941. The van der Waals surface area contributed by atoms with Crippen LogP contribution in [0, 0.1) is 11.3 Å². The molecule has 1 rings (SSSR count). The first kappa shape index (κ1) is 10.8. The Morgan fingerprint density at radius 3 is 2.93 bits per heavy atom. The predicted molar refractivity (Wildman–Crippen MR) is 59.1 cm³/mol. The van der Waals surface area contributed by atoms with Crippen molar-refractivity contribution in [3.8, 4) is 11.8 Å². The largest absolute Gasteiger partial charge is 0.485 e. The van der Waals surface area contributed by atoms with Gasteiger partial charge in [-0.05, 0) is 25.1 Å². The van der Waals surface area contributed by atoms with Gasteiger partial charge in [-0.3, -0.25) is 0 Å². The molecule has 0 spiro atoms. The first-order valence-electron chi connectivity index (χ1n) is 4.16. The molecule has 0 bridgehead atoms. The number of rotatable bonds is 3. The zero-order chi connectivity index (χ0) is 10.6. The minimum atomic E-state index is -0.0942. The van der Waals surface area contributed by atoms with Crippen LogP contribution in [-0.4, -0.2) is 6.10 Å². The van der Waals surface area contributed by atoms with Crippen LogP contribution in [0.15, 0.2) is 35.3 Å². The summed E-state index contributed by atoms with van der Waals surface area (Å²) in [5, 5.41) is 8.85. The molecule has 1 aromatic carbocycles. The summed E-state index contributed by atoms with van der Waals surface area (Å²) in [5.41, 5.74) is 0.521. The molecule has 0 saturated heterocycles. The minimum absolute atomic E-state index is 0.0942. The Morgan fingerprint density at radius 1 is 1.64 bits per heavy atom. The maximum Gasteiger partial charge on any atom is 0.138 e. The molecule has 0 aliphatic rings. The van der Waals surface area contributed by atoms with Crippen LogP contribution in [0.1, 0.15) is 12.5 Å². The van der Waals surface area contributed by atoms with Crippen molar-refractivity contribution >= 4 is 15.9 Å². The van der Waals surface area contributed by atoms with E-state index in [1.165, 1.54) is 0 Å². The first-order chi connectivity index (χ1) is 6.67. The molecule has 1 unspecified atom stereocenters. The van der Waals surface area contributed by atoms with Gasteiger partial charge in [-0.15, -0.1) is 0 Å². The second kappa shape index (κ2) is 4.83. The van der Waals surface area contributed by atoms with Crippen LogP contribution in [0.2, 0.25) is 0 Å². The molecule has 0 amide bonds. The molecule has 0 aliphatic heterocycles. The van der Waals surface area contributed by atoms with Crippen molar-refractivity contribution in [1.82, 2.24) is 0 Å². The Balaban J connectivity index is 2.98. The van der Waals surface area contributed by atoms with Crippen molar-refractivity contribution in [2.24, 2.45) is 0 Å². The highest BCUT2D eigenvalue weighted by molar-refractivity contribution is 9.10. The average Bonchev–Trinajstić information content (AvgIpc) is 2.20.